The summed E-state index contributed by atoms with van der Waals surface area (Å²) < 4.78 is 9.35. The van der Waals surface area contributed by atoms with Gasteiger partial charge < -0.3 is 29.9 Å². The lowest BCUT2D eigenvalue weighted by molar-refractivity contribution is -0.178. The molecule has 0 saturated carbocycles. The van der Waals surface area contributed by atoms with Crippen LogP contribution in [0.1, 0.15) is 40.0 Å². The molecule has 0 aliphatic rings. The van der Waals surface area contributed by atoms with Gasteiger partial charge in [-0.05, 0) is 20.3 Å². The zero-order valence-corrected chi connectivity index (χ0v) is 11.6. The molecule has 0 aliphatic carbocycles. The van der Waals surface area contributed by atoms with Gasteiger partial charge in [-0.25, -0.2) is 0 Å². The highest BCUT2D eigenvalue weighted by Crippen LogP contribution is 1.97. The van der Waals surface area contributed by atoms with E-state index in [2.05, 4.69) is 11.7 Å². The van der Waals surface area contributed by atoms with Crippen molar-refractivity contribution in [3.63, 3.8) is 0 Å². The summed E-state index contributed by atoms with van der Waals surface area (Å²) in [6, 6.07) is 0. The van der Waals surface area contributed by atoms with E-state index in [-0.39, 0.29) is 13.2 Å². The van der Waals surface area contributed by atoms with Crippen molar-refractivity contribution in [2.24, 2.45) is 0 Å². The predicted octanol–water partition coefficient (Wildman–Crippen LogP) is 0.226. The van der Waals surface area contributed by atoms with Crippen LogP contribution in [-0.2, 0) is 9.47 Å². The fourth-order valence-electron chi connectivity index (χ4n) is 0.993. The first kappa shape index (κ1) is 20.1. The molecule has 0 heterocycles. The van der Waals surface area contributed by atoms with Crippen molar-refractivity contribution < 1.29 is 29.9 Å². The van der Waals surface area contributed by atoms with Gasteiger partial charge in [0.15, 0.2) is 12.6 Å². The van der Waals surface area contributed by atoms with Crippen molar-refractivity contribution >= 4 is 0 Å². The summed E-state index contributed by atoms with van der Waals surface area (Å²) in [6.07, 6.45) is 0.538. The molecule has 0 aliphatic heterocycles. The topological polar surface area (TPSA) is 99.4 Å². The number of ether oxygens (including phenoxy) is 2. The maximum absolute atomic E-state index is 8.84. The summed E-state index contributed by atoms with van der Waals surface area (Å²) in [5.74, 6) is 0. The molecule has 0 fully saturated rings. The Morgan fingerprint density at radius 3 is 2.06 bits per heavy atom. The van der Waals surface area contributed by atoms with Crippen molar-refractivity contribution in [3.8, 4) is 0 Å². The summed E-state index contributed by atoms with van der Waals surface area (Å²) in [5, 5.41) is 34.5. The largest absolute Gasteiger partial charge is 0.394 e. The second kappa shape index (κ2) is 14.8. The molecule has 3 unspecified atom stereocenters. The van der Waals surface area contributed by atoms with Crippen LogP contribution in [0.2, 0.25) is 0 Å². The summed E-state index contributed by atoms with van der Waals surface area (Å²) in [7, 11) is 0. The van der Waals surface area contributed by atoms with Crippen molar-refractivity contribution in [3.05, 3.63) is 0 Å². The van der Waals surface area contributed by atoms with Crippen LogP contribution in [0.4, 0.5) is 0 Å². The Balaban J connectivity index is 0. The predicted molar refractivity (Wildman–Crippen MR) is 67.9 cm³/mol. The molecule has 0 aromatic heterocycles. The van der Waals surface area contributed by atoms with Gasteiger partial charge in [-0.1, -0.05) is 19.8 Å². The molecular weight excluding hydrogens is 240 g/mol. The van der Waals surface area contributed by atoms with E-state index >= 15 is 0 Å². The maximum atomic E-state index is 8.84. The second-order valence-corrected chi connectivity index (χ2v) is 3.82. The monoisotopic (exact) mass is 268 g/mol. The van der Waals surface area contributed by atoms with Gasteiger partial charge in [0.25, 0.3) is 0 Å². The average Bonchev–Trinajstić information content (AvgIpc) is 2.34. The number of rotatable bonds is 9. The Hall–Kier alpha value is -0.240. The van der Waals surface area contributed by atoms with Gasteiger partial charge in [0, 0.05) is 6.61 Å². The molecule has 6 heteroatoms. The molecule has 6 nitrogen and oxygen atoms in total. The molecule has 3 atom stereocenters. The first-order valence-electron chi connectivity index (χ1n) is 6.36. The van der Waals surface area contributed by atoms with Gasteiger partial charge >= 0.3 is 0 Å². The highest BCUT2D eigenvalue weighted by atomic mass is 16.7. The average molecular weight is 268 g/mol. The van der Waals surface area contributed by atoms with E-state index in [0.29, 0.717) is 6.61 Å². The third-order valence-electron chi connectivity index (χ3n) is 1.94. The number of unbranched alkanes of at least 4 members (excludes halogenated alkanes) is 1. The first-order valence-corrected chi connectivity index (χ1v) is 6.36. The minimum absolute atomic E-state index is 0.00546. The van der Waals surface area contributed by atoms with E-state index in [1.165, 1.54) is 6.92 Å². The van der Waals surface area contributed by atoms with E-state index in [0.717, 1.165) is 19.3 Å². The standard InChI is InChI=1S/C6H14O4.C6H14O2/c1-3-9-6(8)4-10-5(2)7;1-2-3-4-6(8)5-7/h5-8H,3-4H2,1-2H3;6-8H,2-5H2,1H3. The van der Waals surface area contributed by atoms with Crippen LogP contribution < -0.4 is 0 Å². The highest BCUT2D eigenvalue weighted by molar-refractivity contribution is 4.50. The molecule has 0 amide bonds. The van der Waals surface area contributed by atoms with Crippen LogP contribution in [0, 0.1) is 0 Å². The van der Waals surface area contributed by atoms with Crippen LogP contribution in [0.5, 0.6) is 0 Å². The fraction of sp³-hybridized carbons (Fsp3) is 1.00. The van der Waals surface area contributed by atoms with Gasteiger partial charge in [-0.15, -0.1) is 0 Å². The Morgan fingerprint density at radius 1 is 1.06 bits per heavy atom. The SMILES string of the molecule is CCCCC(O)CO.CCOC(O)COC(C)O. The van der Waals surface area contributed by atoms with E-state index in [9.17, 15) is 0 Å². The molecule has 4 N–H and O–H groups in total. The summed E-state index contributed by atoms with van der Waals surface area (Å²) in [6.45, 7) is 5.64. The van der Waals surface area contributed by atoms with Gasteiger partial charge in [-0.2, -0.15) is 0 Å². The summed E-state index contributed by atoms with van der Waals surface area (Å²) in [4.78, 5) is 0. The number of hydrogen-bond acceptors (Lipinski definition) is 6. The first-order chi connectivity index (χ1) is 8.47. The molecule has 0 spiro atoms. The van der Waals surface area contributed by atoms with Crippen molar-refractivity contribution in [1.82, 2.24) is 0 Å². The normalized spacial score (nSPS) is 15.5. The molecule has 0 aromatic rings. The zero-order chi connectivity index (χ0) is 14.4. The van der Waals surface area contributed by atoms with Crippen LogP contribution >= 0.6 is 0 Å². The van der Waals surface area contributed by atoms with E-state index in [1.807, 2.05) is 0 Å². The lowest BCUT2D eigenvalue weighted by Gasteiger charge is -2.11. The molecule has 0 bridgehead atoms. The smallest absolute Gasteiger partial charge is 0.178 e. The van der Waals surface area contributed by atoms with Crippen LogP contribution in [-0.4, -0.2) is 58.9 Å². The molecule has 18 heavy (non-hydrogen) atoms. The Bertz CT molecular complexity index is 154. The third-order valence-corrected chi connectivity index (χ3v) is 1.94. The fourth-order valence-corrected chi connectivity index (χ4v) is 0.993. The Kier molecular flexibility index (Phi) is 16.5. The molecule has 0 rings (SSSR count). The van der Waals surface area contributed by atoms with Crippen molar-refractivity contribution in [2.45, 2.75) is 58.7 Å². The molecular formula is C12H28O6. The Morgan fingerprint density at radius 2 is 1.67 bits per heavy atom. The van der Waals surface area contributed by atoms with Gasteiger partial charge in [0.2, 0.25) is 0 Å². The minimum atomic E-state index is -0.931. The molecule has 0 aromatic carbocycles. The number of hydrogen-bond donors (Lipinski definition) is 4. The maximum Gasteiger partial charge on any atom is 0.178 e. The van der Waals surface area contributed by atoms with Gasteiger partial charge in [0.1, 0.15) is 6.61 Å². The lowest BCUT2D eigenvalue weighted by Crippen LogP contribution is -2.22. The van der Waals surface area contributed by atoms with Crippen LogP contribution in [0.15, 0.2) is 0 Å². The summed E-state index contributed by atoms with van der Waals surface area (Å²) >= 11 is 0. The third kappa shape index (κ3) is 18.1. The van der Waals surface area contributed by atoms with Crippen LogP contribution in [0.3, 0.4) is 0 Å². The van der Waals surface area contributed by atoms with Gasteiger partial charge in [0.05, 0.1) is 12.7 Å². The minimum Gasteiger partial charge on any atom is -0.394 e. The van der Waals surface area contributed by atoms with E-state index in [4.69, 9.17) is 25.2 Å². The van der Waals surface area contributed by atoms with Gasteiger partial charge in [-0.3, -0.25) is 0 Å². The second-order valence-electron chi connectivity index (χ2n) is 3.82. The quantitative estimate of drug-likeness (QED) is 0.447. The highest BCUT2D eigenvalue weighted by Gasteiger charge is 2.03. The zero-order valence-electron chi connectivity index (χ0n) is 11.6. The summed E-state index contributed by atoms with van der Waals surface area (Å²) in [5.41, 5.74) is 0. The van der Waals surface area contributed by atoms with Crippen LogP contribution in [0.25, 0.3) is 0 Å². The lowest BCUT2D eigenvalue weighted by atomic mass is 10.2. The van der Waals surface area contributed by atoms with E-state index in [1.54, 1.807) is 6.92 Å². The number of aliphatic hydroxyl groups excluding tert-OH is 4. The molecule has 0 saturated heterocycles. The van der Waals surface area contributed by atoms with E-state index < -0.39 is 18.7 Å². The molecule has 0 radical (unpaired) electrons. The number of aliphatic hydroxyl groups is 4. The molecule has 112 valence electrons. The van der Waals surface area contributed by atoms with Crippen molar-refractivity contribution in [2.75, 3.05) is 19.8 Å². The Labute approximate surface area is 109 Å². The van der Waals surface area contributed by atoms with Crippen molar-refractivity contribution in [1.29, 1.82) is 0 Å².